The molecule has 0 aliphatic carbocycles. The largest absolute Gasteiger partial charge is 0.496 e. The van der Waals surface area contributed by atoms with Gasteiger partial charge in [0, 0.05) is 11.1 Å². The number of hydrogen-bond acceptors (Lipinski definition) is 2. The van der Waals surface area contributed by atoms with Crippen molar-refractivity contribution in [3.8, 4) is 5.75 Å². The van der Waals surface area contributed by atoms with Crippen LogP contribution in [0, 0.1) is 0 Å². The molecule has 1 amide bonds. The summed E-state index contributed by atoms with van der Waals surface area (Å²) in [7, 11) is 1.57. The van der Waals surface area contributed by atoms with Crippen molar-refractivity contribution in [3.63, 3.8) is 0 Å². The number of aliphatic imine (C=N–C) groups is 1. The quantitative estimate of drug-likeness (QED) is 0.461. The van der Waals surface area contributed by atoms with Gasteiger partial charge in [-0.2, -0.15) is 4.99 Å². The molecule has 0 saturated heterocycles. The van der Waals surface area contributed by atoms with Gasteiger partial charge in [-0.3, -0.25) is 4.79 Å². The van der Waals surface area contributed by atoms with E-state index < -0.39 is 5.91 Å². The fourth-order valence-electron chi connectivity index (χ4n) is 1.29. The smallest absolute Gasteiger partial charge is 0.275 e. The topological polar surface area (TPSA) is 90.7 Å². The Balaban J connectivity index is 3.02. The van der Waals surface area contributed by atoms with Crippen molar-refractivity contribution in [2.75, 3.05) is 7.11 Å². The van der Waals surface area contributed by atoms with Crippen LogP contribution in [0.3, 0.4) is 0 Å². The van der Waals surface area contributed by atoms with Crippen molar-refractivity contribution in [2.24, 2.45) is 16.5 Å². The molecule has 0 aliphatic rings. The average molecular weight is 233 g/mol. The number of methoxy groups -OCH3 is 1. The highest BCUT2D eigenvalue weighted by Gasteiger charge is 2.05. The molecule has 0 radical (unpaired) electrons. The maximum atomic E-state index is 11.5. The molecular weight excluding hydrogens is 218 g/mol. The second-order valence-corrected chi connectivity index (χ2v) is 3.41. The van der Waals surface area contributed by atoms with Crippen molar-refractivity contribution in [2.45, 2.75) is 6.92 Å². The van der Waals surface area contributed by atoms with Crippen LogP contribution in [0.25, 0.3) is 6.08 Å². The molecule has 1 rings (SSSR count). The standard InChI is InChI=1S/C12H15N3O2/c1-8(11(16)15-12(13)14)7-9-5-3-4-6-10(9)17-2/h3-7H,1-2H3,(H4,13,14,15,16)/b8-7+. The second-order valence-electron chi connectivity index (χ2n) is 3.41. The van der Waals surface area contributed by atoms with E-state index >= 15 is 0 Å². The van der Waals surface area contributed by atoms with Crippen LogP contribution in [0.5, 0.6) is 5.75 Å². The minimum Gasteiger partial charge on any atom is -0.496 e. The highest BCUT2D eigenvalue weighted by atomic mass is 16.5. The van der Waals surface area contributed by atoms with Crippen LogP contribution < -0.4 is 16.2 Å². The third kappa shape index (κ3) is 3.64. The van der Waals surface area contributed by atoms with Crippen molar-refractivity contribution in [1.82, 2.24) is 0 Å². The fourth-order valence-corrected chi connectivity index (χ4v) is 1.29. The summed E-state index contributed by atoms with van der Waals surface area (Å²) in [6, 6.07) is 7.35. The molecule has 17 heavy (non-hydrogen) atoms. The molecule has 1 aromatic carbocycles. The van der Waals surface area contributed by atoms with E-state index in [1.165, 1.54) is 0 Å². The number of ether oxygens (including phenoxy) is 1. The molecule has 5 heteroatoms. The van der Waals surface area contributed by atoms with Crippen LogP contribution >= 0.6 is 0 Å². The number of hydrogen-bond donors (Lipinski definition) is 2. The van der Waals surface area contributed by atoms with Gasteiger partial charge in [0.2, 0.25) is 0 Å². The number of carbonyl (C=O) groups is 1. The van der Waals surface area contributed by atoms with Crippen LogP contribution in [-0.4, -0.2) is 19.0 Å². The Hall–Kier alpha value is -2.30. The maximum absolute atomic E-state index is 11.5. The molecule has 4 N–H and O–H groups in total. The van der Waals surface area contributed by atoms with E-state index in [0.29, 0.717) is 11.3 Å². The Kier molecular flexibility index (Phi) is 4.28. The zero-order valence-electron chi connectivity index (χ0n) is 9.81. The van der Waals surface area contributed by atoms with E-state index in [4.69, 9.17) is 16.2 Å². The number of guanidine groups is 1. The summed E-state index contributed by atoms with van der Waals surface area (Å²) in [5, 5.41) is 0. The summed E-state index contributed by atoms with van der Waals surface area (Å²) in [6.45, 7) is 1.64. The first-order chi connectivity index (χ1) is 8.04. The van der Waals surface area contributed by atoms with Crippen molar-refractivity contribution >= 4 is 17.9 Å². The molecular formula is C12H15N3O2. The highest BCUT2D eigenvalue weighted by Crippen LogP contribution is 2.20. The zero-order valence-corrected chi connectivity index (χ0v) is 9.81. The number of para-hydroxylation sites is 1. The lowest BCUT2D eigenvalue weighted by molar-refractivity contribution is -0.114. The summed E-state index contributed by atoms with van der Waals surface area (Å²) in [5.41, 5.74) is 11.5. The maximum Gasteiger partial charge on any atom is 0.275 e. The van der Waals surface area contributed by atoms with Gasteiger partial charge in [0.15, 0.2) is 5.96 Å². The number of nitrogens with zero attached hydrogens (tertiary/aromatic N) is 1. The van der Waals surface area contributed by atoms with E-state index in [0.717, 1.165) is 5.56 Å². The number of nitrogens with two attached hydrogens (primary N) is 2. The third-order valence-electron chi connectivity index (χ3n) is 2.08. The Labute approximate surface area is 99.8 Å². The molecule has 0 atom stereocenters. The van der Waals surface area contributed by atoms with Gasteiger partial charge in [-0.15, -0.1) is 0 Å². The SMILES string of the molecule is COc1ccccc1/C=C(\C)C(=O)N=C(N)N. The van der Waals surface area contributed by atoms with E-state index in [-0.39, 0.29) is 5.96 Å². The monoisotopic (exact) mass is 233 g/mol. The lowest BCUT2D eigenvalue weighted by Gasteiger charge is -2.04. The van der Waals surface area contributed by atoms with Crippen molar-refractivity contribution in [1.29, 1.82) is 0 Å². The van der Waals surface area contributed by atoms with Gasteiger partial charge in [-0.05, 0) is 19.1 Å². The molecule has 5 nitrogen and oxygen atoms in total. The van der Waals surface area contributed by atoms with E-state index in [1.54, 1.807) is 20.1 Å². The van der Waals surface area contributed by atoms with Gasteiger partial charge in [0.1, 0.15) is 5.75 Å². The predicted molar refractivity (Wildman–Crippen MR) is 67.5 cm³/mol. The molecule has 0 spiro atoms. The van der Waals surface area contributed by atoms with Gasteiger partial charge >= 0.3 is 0 Å². The number of carbonyl (C=O) groups excluding carboxylic acids is 1. The number of amides is 1. The number of benzene rings is 1. The summed E-state index contributed by atoms with van der Waals surface area (Å²) in [5.74, 6) is -0.0250. The minimum absolute atomic E-state index is 0.247. The van der Waals surface area contributed by atoms with E-state index in [2.05, 4.69) is 4.99 Å². The Morgan fingerprint density at radius 2 is 2.00 bits per heavy atom. The van der Waals surface area contributed by atoms with E-state index in [1.807, 2.05) is 24.3 Å². The summed E-state index contributed by atoms with van der Waals surface area (Å²) < 4.78 is 5.17. The first-order valence-electron chi connectivity index (χ1n) is 5.00. The van der Waals surface area contributed by atoms with E-state index in [9.17, 15) is 4.79 Å². The molecule has 1 aromatic rings. The zero-order chi connectivity index (χ0) is 12.8. The van der Waals surface area contributed by atoms with Crippen LogP contribution in [0.1, 0.15) is 12.5 Å². The molecule has 90 valence electrons. The van der Waals surface area contributed by atoms with Crippen LogP contribution in [-0.2, 0) is 4.79 Å². The minimum atomic E-state index is -0.462. The van der Waals surface area contributed by atoms with Gasteiger partial charge in [0.05, 0.1) is 7.11 Å². The van der Waals surface area contributed by atoms with Gasteiger partial charge in [0.25, 0.3) is 5.91 Å². The molecule has 0 fully saturated rings. The second kappa shape index (κ2) is 5.69. The van der Waals surface area contributed by atoms with Crippen LogP contribution in [0.4, 0.5) is 0 Å². The Morgan fingerprint density at radius 3 is 2.59 bits per heavy atom. The predicted octanol–water partition coefficient (Wildman–Crippen LogP) is 0.899. The first-order valence-corrected chi connectivity index (χ1v) is 5.00. The molecule has 0 heterocycles. The van der Waals surface area contributed by atoms with Crippen molar-refractivity contribution < 1.29 is 9.53 Å². The normalized spacial score (nSPS) is 10.8. The Morgan fingerprint density at radius 1 is 1.35 bits per heavy atom. The van der Waals surface area contributed by atoms with Crippen LogP contribution in [0.15, 0.2) is 34.8 Å². The van der Waals surface area contributed by atoms with Gasteiger partial charge in [-0.1, -0.05) is 18.2 Å². The highest BCUT2D eigenvalue weighted by molar-refractivity contribution is 6.03. The summed E-state index contributed by atoms with van der Waals surface area (Å²) in [6.07, 6.45) is 1.67. The lowest BCUT2D eigenvalue weighted by atomic mass is 10.1. The average Bonchev–Trinajstić information content (AvgIpc) is 2.28. The first kappa shape index (κ1) is 12.8. The van der Waals surface area contributed by atoms with Gasteiger partial charge < -0.3 is 16.2 Å². The summed E-state index contributed by atoms with van der Waals surface area (Å²) in [4.78, 5) is 15.0. The molecule has 0 bridgehead atoms. The molecule has 0 saturated carbocycles. The molecule has 0 aromatic heterocycles. The molecule has 0 unspecified atom stereocenters. The lowest BCUT2D eigenvalue weighted by Crippen LogP contribution is -2.24. The third-order valence-corrected chi connectivity index (χ3v) is 2.08. The molecule has 0 aliphatic heterocycles. The van der Waals surface area contributed by atoms with Gasteiger partial charge in [-0.25, -0.2) is 0 Å². The van der Waals surface area contributed by atoms with Crippen molar-refractivity contribution in [3.05, 3.63) is 35.4 Å². The Bertz CT molecular complexity index is 474. The summed E-state index contributed by atoms with van der Waals surface area (Å²) >= 11 is 0. The fraction of sp³-hybridized carbons (Fsp3) is 0.167. The van der Waals surface area contributed by atoms with Crippen LogP contribution in [0.2, 0.25) is 0 Å². The number of rotatable bonds is 3.